The van der Waals surface area contributed by atoms with Gasteiger partial charge in [-0.15, -0.1) is 0 Å². The lowest BCUT2D eigenvalue weighted by Gasteiger charge is -2.16. The quantitative estimate of drug-likeness (QED) is 0.736. The van der Waals surface area contributed by atoms with E-state index in [9.17, 15) is 8.42 Å². The molecule has 0 fully saturated rings. The SMILES string of the molecule is Cn1cc(-c2cncc(CNS(=O)(=O)c3ccc4c(c3)CCCC4)c2)cn1. The van der Waals surface area contributed by atoms with Crippen molar-refractivity contribution in [3.05, 3.63) is 65.7 Å². The summed E-state index contributed by atoms with van der Waals surface area (Å²) in [6.07, 6.45) is 11.4. The topological polar surface area (TPSA) is 76.9 Å². The third kappa shape index (κ3) is 3.94. The van der Waals surface area contributed by atoms with Gasteiger partial charge in [-0.1, -0.05) is 6.07 Å². The Morgan fingerprint density at radius 2 is 1.85 bits per heavy atom. The number of hydrogen-bond acceptors (Lipinski definition) is 4. The van der Waals surface area contributed by atoms with Crippen molar-refractivity contribution in [2.45, 2.75) is 37.1 Å². The molecule has 27 heavy (non-hydrogen) atoms. The Bertz CT molecular complexity index is 1070. The van der Waals surface area contributed by atoms with E-state index in [4.69, 9.17) is 0 Å². The number of aryl methyl sites for hydroxylation is 3. The number of fused-ring (bicyclic) bond motifs is 1. The summed E-state index contributed by atoms with van der Waals surface area (Å²) in [6.45, 7) is 0.195. The molecule has 0 aliphatic heterocycles. The molecule has 1 N–H and O–H groups in total. The summed E-state index contributed by atoms with van der Waals surface area (Å²) in [6, 6.07) is 7.41. The molecule has 1 aromatic carbocycles. The van der Waals surface area contributed by atoms with Crippen LogP contribution in [0.1, 0.15) is 29.5 Å². The first-order chi connectivity index (χ1) is 13.0. The molecule has 0 bridgehead atoms. The number of rotatable bonds is 5. The van der Waals surface area contributed by atoms with Crippen molar-refractivity contribution in [3.63, 3.8) is 0 Å². The maximum atomic E-state index is 12.7. The van der Waals surface area contributed by atoms with Crippen LogP contribution < -0.4 is 4.72 Å². The van der Waals surface area contributed by atoms with Gasteiger partial charge in [-0.3, -0.25) is 9.67 Å². The molecule has 7 heteroatoms. The Labute approximate surface area is 159 Å². The van der Waals surface area contributed by atoms with E-state index < -0.39 is 10.0 Å². The molecular formula is C20H22N4O2S. The largest absolute Gasteiger partial charge is 0.275 e. The Hall–Kier alpha value is -2.51. The molecule has 0 unspecified atom stereocenters. The zero-order valence-corrected chi connectivity index (χ0v) is 16.0. The minimum atomic E-state index is -3.56. The second-order valence-electron chi connectivity index (χ2n) is 6.95. The average Bonchev–Trinajstić information content (AvgIpc) is 3.13. The van der Waals surface area contributed by atoms with Crippen molar-refractivity contribution in [1.82, 2.24) is 19.5 Å². The van der Waals surface area contributed by atoms with Crippen LogP contribution in [0.15, 0.2) is 53.9 Å². The molecule has 2 aromatic heterocycles. The Kier molecular flexibility index (Phi) is 4.80. The fourth-order valence-corrected chi connectivity index (χ4v) is 4.52. The number of benzene rings is 1. The second-order valence-corrected chi connectivity index (χ2v) is 8.71. The van der Waals surface area contributed by atoms with E-state index >= 15 is 0 Å². The first-order valence-corrected chi connectivity index (χ1v) is 10.5. The highest BCUT2D eigenvalue weighted by atomic mass is 32.2. The molecule has 1 aliphatic rings. The van der Waals surface area contributed by atoms with E-state index in [1.54, 1.807) is 29.3 Å². The highest BCUT2D eigenvalue weighted by molar-refractivity contribution is 7.89. The van der Waals surface area contributed by atoms with Gasteiger partial charge in [-0.2, -0.15) is 5.10 Å². The maximum Gasteiger partial charge on any atom is 0.240 e. The number of sulfonamides is 1. The molecule has 0 saturated carbocycles. The molecule has 140 valence electrons. The Morgan fingerprint density at radius 3 is 2.63 bits per heavy atom. The monoisotopic (exact) mass is 382 g/mol. The average molecular weight is 382 g/mol. The number of nitrogens with zero attached hydrogens (tertiary/aromatic N) is 3. The van der Waals surface area contributed by atoms with Crippen LogP contribution in [0.3, 0.4) is 0 Å². The lowest BCUT2D eigenvalue weighted by atomic mass is 9.92. The predicted molar refractivity (Wildman–Crippen MR) is 104 cm³/mol. The molecule has 0 amide bonds. The minimum absolute atomic E-state index is 0.195. The van der Waals surface area contributed by atoms with Crippen molar-refractivity contribution in [1.29, 1.82) is 0 Å². The van der Waals surface area contributed by atoms with Crippen LogP contribution in [0.2, 0.25) is 0 Å². The van der Waals surface area contributed by atoms with E-state index in [0.717, 1.165) is 41.5 Å². The van der Waals surface area contributed by atoms with Crippen molar-refractivity contribution >= 4 is 10.0 Å². The third-order valence-corrected chi connectivity index (χ3v) is 6.33. The van der Waals surface area contributed by atoms with Crippen molar-refractivity contribution < 1.29 is 8.42 Å². The summed E-state index contributed by atoms with van der Waals surface area (Å²) >= 11 is 0. The number of hydrogen-bond donors (Lipinski definition) is 1. The van der Waals surface area contributed by atoms with Gasteiger partial charge in [0.05, 0.1) is 11.1 Å². The summed E-state index contributed by atoms with van der Waals surface area (Å²) in [7, 11) is -1.70. The summed E-state index contributed by atoms with van der Waals surface area (Å²) in [4.78, 5) is 4.56. The van der Waals surface area contributed by atoms with Gasteiger partial charge < -0.3 is 0 Å². The standard InChI is InChI=1S/C20H22N4O2S/c1-24-14-19(13-22-24)18-8-15(10-21-12-18)11-23-27(25,26)20-7-6-16-4-2-3-5-17(16)9-20/h6-10,12-14,23H,2-5,11H2,1H3. The number of aromatic nitrogens is 3. The molecular weight excluding hydrogens is 360 g/mol. The lowest BCUT2D eigenvalue weighted by molar-refractivity contribution is 0.580. The molecule has 0 spiro atoms. The van der Waals surface area contributed by atoms with Gasteiger partial charge in [0.25, 0.3) is 0 Å². The Balaban J connectivity index is 1.51. The predicted octanol–water partition coefficient (Wildman–Crippen LogP) is 2.84. The number of nitrogens with one attached hydrogen (secondary N) is 1. The third-order valence-electron chi connectivity index (χ3n) is 4.93. The van der Waals surface area contributed by atoms with Gasteiger partial charge in [0.2, 0.25) is 10.0 Å². The summed E-state index contributed by atoms with van der Waals surface area (Å²) < 4.78 is 29.8. The Morgan fingerprint density at radius 1 is 1.04 bits per heavy atom. The first-order valence-electron chi connectivity index (χ1n) is 9.06. The van der Waals surface area contributed by atoms with Gasteiger partial charge in [0.15, 0.2) is 0 Å². The highest BCUT2D eigenvalue weighted by Gasteiger charge is 2.17. The fourth-order valence-electron chi connectivity index (χ4n) is 3.45. The molecule has 1 aliphatic carbocycles. The van der Waals surface area contributed by atoms with Gasteiger partial charge in [0.1, 0.15) is 0 Å². The lowest BCUT2D eigenvalue weighted by Crippen LogP contribution is -2.23. The van der Waals surface area contributed by atoms with E-state index in [1.807, 2.05) is 31.4 Å². The van der Waals surface area contributed by atoms with Crippen LogP contribution in [0.25, 0.3) is 11.1 Å². The zero-order valence-electron chi connectivity index (χ0n) is 15.2. The maximum absolute atomic E-state index is 12.7. The van der Waals surface area contributed by atoms with E-state index in [0.29, 0.717) is 4.90 Å². The van der Waals surface area contributed by atoms with Crippen LogP contribution >= 0.6 is 0 Å². The number of pyridine rings is 1. The zero-order chi connectivity index (χ0) is 18.9. The van der Waals surface area contributed by atoms with E-state index in [2.05, 4.69) is 14.8 Å². The summed E-state index contributed by atoms with van der Waals surface area (Å²) in [5, 5.41) is 4.16. The van der Waals surface area contributed by atoms with Crippen molar-refractivity contribution in [2.24, 2.45) is 7.05 Å². The van der Waals surface area contributed by atoms with Gasteiger partial charge in [-0.25, -0.2) is 13.1 Å². The van der Waals surface area contributed by atoms with Gasteiger partial charge in [-0.05, 0) is 60.6 Å². The minimum Gasteiger partial charge on any atom is -0.275 e. The van der Waals surface area contributed by atoms with Gasteiger partial charge in [0, 0.05) is 43.3 Å². The van der Waals surface area contributed by atoms with E-state index in [1.165, 1.54) is 12.0 Å². The fraction of sp³-hybridized carbons (Fsp3) is 0.300. The molecule has 2 heterocycles. The van der Waals surface area contributed by atoms with E-state index in [-0.39, 0.29) is 6.54 Å². The van der Waals surface area contributed by atoms with Crippen molar-refractivity contribution in [2.75, 3.05) is 0 Å². The second kappa shape index (κ2) is 7.25. The molecule has 3 aromatic rings. The smallest absolute Gasteiger partial charge is 0.240 e. The molecule has 6 nitrogen and oxygen atoms in total. The molecule has 0 atom stereocenters. The van der Waals surface area contributed by atoms with Crippen molar-refractivity contribution in [3.8, 4) is 11.1 Å². The molecule has 0 radical (unpaired) electrons. The normalized spacial score (nSPS) is 14.1. The first kappa shape index (κ1) is 17.9. The molecule has 4 rings (SSSR count). The molecule has 0 saturated heterocycles. The van der Waals surface area contributed by atoms with Gasteiger partial charge >= 0.3 is 0 Å². The van der Waals surface area contributed by atoms with Crippen LogP contribution in [0, 0.1) is 0 Å². The highest BCUT2D eigenvalue weighted by Crippen LogP contribution is 2.24. The van der Waals surface area contributed by atoms with Crippen LogP contribution in [-0.2, 0) is 36.5 Å². The van der Waals surface area contributed by atoms with Crippen LogP contribution in [-0.4, -0.2) is 23.2 Å². The summed E-state index contributed by atoms with van der Waals surface area (Å²) in [5.41, 5.74) is 5.09. The summed E-state index contributed by atoms with van der Waals surface area (Å²) in [5.74, 6) is 0. The van der Waals surface area contributed by atoms with Crippen LogP contribution in [0.5, 0.6) is 0 Å². The van der Waals surface area contributed by atoms with Crippen LogP contribution in [0.4, 0.5) is 0 Å².